The Morgan fingerprint density at radius 3 is 1.46 bits per heavy atom. The monoisotopic (exact) mass is 172 g/mol. The average molecular weight is 171 g/mol. The second kappa shape index (κ2) is 13.2. The van der Waals surface area contributed by atoms with Crippen molar-refractivity contribution in [1.29, 1.82) is 0 Å². The van der Waals surface area contributed by atoms with Crippen LogP contribution in [0.1, 0.15) is 0 Å². The van der Waals surface area contributed by atoms with E-state index in [4.69, 9.17) is 0 Å². The molecule has 13 heteroatoms. The van der Waals surface area contributed by atoms with Crippen LogP contribution in [0.2, 0.25) is 0 Å². The summed E-state index contributed by atoms with van der Waals surface area (Å²) in [5.74, 6) is 0. The zero-order chi connectivity index (χ0) is 8.69. The molecule has 0 bridgehead atoms. The molecule has 0 rings (SSSR count). The van der Waals surface area contributed by atoms with Crippen molar-refractivity contribution in [2.75, 3.05) is 0 Å². The molecule has 0 aromatic heterocycles. The van der Waals surface area contributed by atoms with E-state index < -0.39 is 30.0 Å². The van der Waals surface area contributed by atoms with Crippen molar-refractivity contribution in [2.45, 2.75) is 0 Å². The zero-order valence-corrected chi connectivity index (χ0v) is 7.43. The Balaban J connectivity index is -0.000000500. The quantitative estimate of drug-likeness (QED) is 0.368. The van der Waals surface area contributed by atoms with Gasteiger partial charge in [-0.15, -0.1) is 0 Å². The molecule has 0 amide bonds. The van der Waals surface area contributed by atoms with E-state index in [0.29, 0.717) is 0 Å². The Bertz CT molecular complexity index is 84.6. The van der Waals surface area contributed by atoms with Crippen LogP contribution in [0.4, 0.5) is 0 Å². The predicted molar refractivity (Wildman–Crippen MR) is 30.4 cm³/mol. The van der Waals surface area contributed by atoms with Gasteiger partial charge in [-0.25, -0.2) is 10.0 Å². The molecule has 0 aliphatic heterocycles. The van der Waals surface area contributed by atoms with Crippen LogP contribution >= 0.6 is 0 Å². The molecule has 0 aliphatic carbocycles. The van der Waals surface area contributed by atoms with Gasteiger partial charge in [0.15, 0.2) is 0 Å². The molecule has 0 aromatic rings. The fraction of sp³-hybridized carbons (Fsp3) is 0. The molecule has 0 spiro atoms. The van der Waals surface area contributed by atoms with E-state index in [0.717, 1.165) is 0 Å². The summed E-state index contributed by atoms with van der Waals surface area (Å²) in [6.45, 7) is 0. The molecule has 0 saturated carbocycles. The van der Waals surface area contributed by atoms with Gasteiger partial charge >= 0.3 is 52.4 Å². The molecule has 0 atom stereocenters. The summed E-state index contributed by atoms with van der Waals surface area (Å²) >= 11 is 0. The molecule has 7 nitrogen and oxygen atoms in total. The first-order valence-corrected chi connectivity index (χ1v) is 2.57. The summed E-state index contributed by atoms with van der Waals surface area (Å²) in [5, 5.41) is 39.5. The van der Waals surface area contributed by atoms with E-state index in [1.54, 1.807) is 0 Å². The van der Waals surface area contributed by atoms with Crippen LogP contribution in [-0.4, -0.2) is 30.0 Å². The third-order valence-electron chi connectivity index (χ3n) is 0.630. The van der Waals surface area contributed by atoms with E-state index in [9.17, 15) is 20.1 Å². The Kier molecular flexibility index (Phi) is 20.0. The molecule has 0 aliphatic rings. The molecule has 0 N–H and O–H groups in total. The second-order valence-electron chi connectivity index (χ2n) is 1.28. The van der Waals surface area contributed by atoms with Crippen LogP contribution in [0, 0.1) is 0 Å². The first-order valence-electron chi connectivity index (χ1n) is 2.57. The summed E-state index contributed by atoms with van der Waals surface area (Å²) in [4.78, 5) is 0. The average Bonchev–Trinajstić information content (AvgIpc) is 1.87. The Morgan fingerprint density at radius 2 is 1.23 bits per heavy atom. The molecule has 0 fully saturated rings. The fourth-order valence-electron chi connectivity index (χ4n) is 0.280. The maximum atomic E-state index is 10.2. The molecule has 0 heterocycles. The molecule has 0 aromatic carbocycles. The maximum Gasteiger partial charge on any atom is 1.00 e. The van der Waals surface area contributed by atoms with Gasteiger partial charge in [-0.05, 0) is 0 Å². The first-order chi connectivity index (χ1) is 5.20. The predicted octanol–water partition coefficient (Wildman–Crippen LogP) is -10.9. The van der Waals surface area contributed by atoms with Gasteiger partial charge in [0.2, 0.25) is 0 Å². The summed E-state index contributed by atoms with van der Waals surface area (Å²) in [6.07, 6.45) is 0. The van der Waals surface area contributed by atoms with Gasteiger partial charge in [0.05, 0.1) is 0 Å². The van der Waals surface area contributed by atoms with Crippen molar-refractivity contribution in [2.24, 2.45) is 0 Å². The van der Waals surface area contributed by atoms with Crippen molar-refractivity contribution >= 4 is 30.0 Å². The molecular formula is H2B4Li2O7. The largest absolute Gasteiger partial charge is 1.00 e. The van der Waals surface area contributed by atoms with E-state index in [2.05, 4.69) is 13.7 Å². The number of hydrogen-bond donors (Lipinski definition) is 0. The minimum atomic E-state index is -2.19. The fourth-order valence-corrected chi connectivity index (χ4v) is 0.280. The Hall–Kier alpha value is 1.17. The van der Waals surface area contributed by atoms with Gasteiger partial charge in [-0.2, -0.15) is 0 Å². The third-order valence-corrected chi connectivity index (χ3v) is 0.630. The van der Waals surface area contributed by atoms with Gasteiger partial charge in [0.25, 0.3) is 0 Å². The van der Waals surface area contributed by atoms with Gasteiger partial charge in [0, 0.05) is 0 Å². The molecule has 13 heavy (non-hydrogen) atoms. The molecule has 2 radical (unpaired) electrons. The van der Waals surface area contributed by atoms with Crippen molar-refractivity contribution < 1.29 is 71.5 Å². The van der Waals surface area contributed by atoms with E-state index in [1.807, 2.05) is 0 Å². The zero-order valence-electron chi connectivity index (χ0n) is 7.43. The summed E-state index contributed by atoms with van der Waals surface area (Å²) in [7, 11) is -6.61. The topological polar surface area (TPSA) is 114 Å². The van der Waals surface area contributed by atoms with Crippen molar-refractivity contribution in [1.82, 2.24) is 0 Å². The summed E-state index contributed by atoms with van der Waals surface area (Å²) < 4.78 is 11.3. The van der Waals surface area contributed by atoms with Crippen LogP contribution in [-0.2, 0) is 23.8 Å². The molecule has 58 valence electrons. The minimum absolute atomic E-state index is 0. The Morgan fingerprint density at radius 1 is 0.923 bits per heavy atom. The molecule has 0 saturated heterocycles. The normalized spacial score (nSPS) is 7.69. The first kappa shape index (κ1) is 19.7. The smallest absolute Gasteiger partial charge is 0.860 e. The van der Waals surface area contributed by atoms with Crippen LogP contribution in [0.3, 0.4) is 0 Å². The van der Waals surface area contributed by atoms with Crippen LogP contribution in [0.25, 0.3) is 0 Å². The van der Waals surface area contributed by atoms with Crippen LogP contribution in [0.15, 0.2) is 0 Å². The minimum Gasteiger partial charge on any atom is -0.860 e. The summed E-state index contributed by atoms with van der Waals surface area (Å²) in [5.41, 5.74) is 0. The second-order valence-corrected chi connectivity index (χ2v) is 1.28. The Labute approximate surface area is 101 Å². The number of rotatable bonds is 6. The van der Waals surface area contributed by atoms with Gasteiger partial charge in [0.1, 0.15) is 15.4 Å². The third kappa shape index (κ3) is 13.2. The molecule has 0 unspecified atom stereocenters. The van der Waals surface area contributed by atoms with Gasteiger partial charge in [-0.3, -0.25) is 0 Å². The van der Waals surface area contributed by atoms with Gasteiger partial charge in [-0.1, -0.05) is 0 Å². The van der Waals surface area contributed by atoms with E-state index in [-0.39, 0.29) is 37.7 Å². The van der Waals surface area contributed by atoms with Crippen LogP contribution < -0.4 is 47.8 Å². The van der Waals surface area contributed by atoms with Gasteiger partial charge < -0.3 is 23.8 Å². The molecular weight excluding hydrogens is 169 g/mol. The maximum absolute atomic E-state index is 10.2. The van der Waals surface area contributed by atoms with Crippen molar-refractivity contribution in [3.8, 4) is 0 Å². The van der Waals surface area contributed by atoms with Crippen molar-refractivity contribution in [3.05, 3.63) is 0 Å². The van der Waals surface area contributed by atoms with Crippen LogP contribution in [0.5, 0.6) is 0 Å². The van der Waals surface area contributed by atoms with E-state index >= 15 is 0 Å². The SMILES string of the molecule is [Li+].[Li+].[O]B(OB[O-])OB([O])OB[O-]. The summed E-state index contributed by atoms with van der Waals surface area (Å²) in [6, 6.07) is 0. The number of hydrogen-bond acceptors (Lipinski definition) is 5. The van der Waals surface area contributed by atoms with E-state index in [1.165, 1.54) is 0 Å². The standard InChI is InChI=1S/B4H2O7.2Li/c5-1-9-3(7)11-4(8)10-2-6;;/h1-2H;;/q-2;2*+1. The van der Waals surface area contributed by atoms with Crippen molar-refractivity contribution in [3.63, 3.8) is 0 Å².